The first-order chi connectivity index (χ1) is 13.4. The molecule has 0 saturated carbocycles. The molecule has 5 heterocycles. The fraction of sp³-hybridized carbons (Fsp3) is 0.714. The lowest BCUT2D eigenvalue weighted by Gasteiger charge is -2.56. The molecule has 2 bridgehead atoms. The predicted molar refractivity (Wildman–Crippen MR) is 112 cm³/mol. The SMILES string of the molecule is CC(C)(C)OC(=O)N1C2CC1CN(c1cncc(B3OC(C)(C)C(C)(C)O3)c1)C2. The molecule has 8 heteroatoms. The molecule has 1 aromatic rings. The molecule has 0 spiro atoms. The highest BCUT2D eigenvalue weighted by molar-refractivity contribution is 6.62. The van der Waals surface area contributed by atoms with Gasteiger partial charge in [-0.3, -0.25) is 9.88 Å². The molecule has 4 aliphatic rings. The molecule has 5 rings (SSSR count). The van der Waals surface area contributed by atoms with E-state index in [0.29, 0.717) is 0 Å². The highest BCUT2D eigenvalue weighted by Gasteiger charge is 2.52. The smallest absolute Gasteiger partial charge is 0.444 e. The van der Waals surface area contributed by atoms with Crippen LogP contribution in [0.25, 0.3) is 0 Å². The van der Waals surface area contributed by atoms with E-state index in [0.717, 1.165) is 30.7 Å². The molecule has 0 aliphatic carbocycles. The van der Waals surface area contributed by atoms with Gasteiger partial charge in [0.2, 0.25) is 0 Å². The predicted octanol–water partition coefficient (Wildman–Crippen LogP) is 2.58. The molecule has 4 saturated heterocycles. The van der Waals surface area contributed by atoms with E-state index >= 15 is 0 Å². The molecule has 2 atom stereocenters. The number of ether oxygens (including phenoxy) is 1. The fourth-order valence-electron chi connectivity index (χ4n) is 4.16. The van der Waals surface area contributed by atoms with Gasteiger partial charge in [-0.1, -0.05) is 0 Å². The Bertz CT molecular complexity index is 779. The molecule has 0 aromatic carbocycles. The zero-order valence-electron chi connectivity index (χ0n) is 18.6. The highest BCUT2D eigenvalue weighted by atomic mass is 16.7. The summed E-state index contributed by atoms with van der Waals surface area (Å²) in [5, 5.41) is 0. The van der Waals surface area contributed by atoms with E-state index in [1.54, 1.807) is 0 Å². The number of rotatable bonds is 2. The number of nitrogens with zero attached hydrogens (tertiary/aromatic N) is 3. The Morgan fingerprint density at radius 2 is 1.72 bits per heavy atom. The minimum atomic E-state index is -0.470. The third kappa shape index (κ3) is 3.72. The largest absolute Gasteiger partial charge is 0.496 e. The Balaban J connectivity index is 1.44. The molecule has 1 amide bonds. The summed E-state index contributed by atoms with van der Waals surface area (Å²) in [5.74, 6) is 0. The second-order valence-corrected chi connectivity index (χ2v) is 10.4. The van der Waals surface area contributed by atoms with E-state index in [2.05, 4.69) is 16.0 Å². The van der Waals surface area contributed by atoms with Gasteiger partial charge in [0.05, 0.1) is 35.2 Å². The van der Waals surface area contributed by atoms with Crippen molar-refractivity contribution >= 4 is 24.4 Å². The van der Waals surface area contributed by atoms with Crippen LogP contribution in [0.2, 0.25) is 0 Å². The van der Waals surface area contributed by atoms with Crippen molar-refractivity contribution in [2.75, 3.05) is 18.0 Å². The molecule has 2 unspecified atom stereocenters. The van der Waals surface area contributed by atoms with Crippen LogP contribution < -0.4 is 10.4 Å². The number of piperidine rings is 1. The van der Waals surface area contributed by atoms with Gasteiger partial charge in [0.25, 0.3) is 0 Å². The Hall–Kier alpha value is -1.80. The zero-order chi connectivity index (χ0) is 21.2. The van der Waals surface area contributed by atoms with Gasteiger partial charge in [-0.25, -0.2) is 4.79 Å². The summed E-state index contributed by atoms with van der Waals surface area (Å²) in [6, 6.07) is 2.46. The van der Waals surface area contributed by atoms with E-state index in [9.17, 15) is 4.79 Å². The Kier molecular flexibility index (Phi) is 4.66. The lowest BCUT2D eigenvalue weighted by molar-refractivity contribution is -0.0379. The number of carbonyl (C=O) groups excluding carboxylic acids is 1. The maximum Gasteiger partial charge on any atom is 0.496 e. The van der Waals surface area contributed by atoms with Gasteiger partial charge in [0.15, 0.2) is 0 Å². The third-order valence-corrected chi connectivity index (χ3v) is 6.43. The molecule has 4 fully saturated rings. The zero-order valence-corrected chi connectivity index (χ0v) is 18.6. The summed E-state index contributed by atoms with van der Waals surface area (Å²) in [6.07, 6.45) is 4.50. The van der Waals surface area contributed by atoms with Gasteiger partial charge in [0.1, 0.15) is 5.60 Å². The Labute approximate surface area is 173 Å². The van der Waals surface area contributed by atoms with E-state index in [4.69, 9.17) is 14.0 Å². The van der Waals surface area contributed by atoms with E-state index in [1.807, 2.05) is 65.8 Å². The van der Waals surface area contributed by atoms with Crippen LogP contribution in [0.3, 0.4) is 0 Å². The second-order valence-electron chi connectivity index (χ2n) is 10.4. The van der Waals surface area contributed by atoms with Crippen molar-refractivity contribution in [3.63, 3.8) is 0 Å². The van der Waals surface area contributed by atoms with Gasteiger partial charge in [-0.15, -0.1) is 0 Å². The number of amides is 1. The molecule has 0 radical (unpaired) electrons. The fourth-order valence-corrected chi connectivity index (χ4v) is 4.16. The molecule has 1 aromatic heterocycles. The monoisotopic (exact) mass is 401 g/mol. The maximum atomic E-state index is 12.5. The lowest BCUT2D eigenvalue weighted by atomic mass is 9.80. The molecule has 158 valence electrons. The van der Waals surface area contributed by atoms with Crippen LogP contribution in [-0.4, -0.2) is 65.1 Å². The minimum Gasteiger partial charge on any atom is -0.444 e. The summed E-state index contributed by atoms with van der Waals surface area (Å²) in [7, 11) is -0.426. The maximum absolute atomic E-state index is 12.5. The summed E-state index contributed by atoms with van der Waals surface area (Å²) in [5.41, 5.74) is 0.727. The van der Waals surface area contributed by atoms with Crippen molar-refractivity contribution in [1.29, 1.82) is 0 Å². The van der Waals surface area contributed by atoms with Crippen LogP contribution in [0.15, 0.2) is 18.5 Å². The average molecular weight is 401 g/mol. The molecular formula is C21H32BN3O4. The van der Waals surface area contributed by atoms with Gasteiger partial charge in [0, 0.05) is 24.7 Å². The molecular weight excluding hydrogens is 369 g/mol. The van der Waals surface area contributed by atoms with Crippen LogP contribution in [-0.2, 0) is 14.0 Å². The van der Waals surface area contributed by atoms with Gasteiger partial charge < -0.3 is 18.9 Å². The van der Waals surface area contributed by atoms with Gasteiger partial charge in [-0.05, 0) is 61.0 Å². The normalized spacial score (nSPS) is 27.6. The van der Waals surface area contributed by atoms with Gasteiger partial charge >= 0.3 is 13.2 Å². The topological polar surface area (TPSA) is 64.1 Å². The second kappa shape index (κ2) is 6.60. The lowest BCUT2D eigenvalue weighted by Crippen LogP contribution is -2.70. The Morgan fingerprint density at radius 3 is 2.28 bits per heavy atom. The quantitative estimate of drug-likeness (QED) is 0.710. The number of carbonyl (C=O) groups is 1. The molecule has 0 N–H and O–H groups in total. The summed E-state index contributed by atoms with van der Waals surface area (Å²) in [4.78, 5) is 21.1. The first-order valence-corrected chi connectivity index (χ1v) is 10.4. The van der Waals surface area contributed by atoms with Crippen LogP contribution in [0.1, 0.15) is 54.9 Å². The number of pyridine rings is 1. The average Bonchev–Trinajstić information content (AvgIpc) is 2.81. The van der Waals surface area contributed by atoms with Crippen LogP contribution in [0.5, 0.6) is 0 Å². The number of fused-ring (bicyclic) bond motifs is 2. The van der Waals surface area contributed by atoms with Crippen molar-refractivity contribution < 1.29 is 18.8 Å². The Morgan fingerprint density at radius 1 is 1.14 bits per heavy atom. The summed E-state index contributed by atoms with van der Waals surface area (Å²) < 4.78 is 17.9. The number of hydrogen-bond donors (Lipinski definition) is 0. The molecule has 7 nitrogen and oxygen atoms in total. The summed E-state index contributed by atoms with van der Waals surface area (Å²) in [6.45, 7) is 15.5. The molecule has 29 heavy (non-hydrogen) atoms. The van der Waals surface area contributed by atoms with E-state index in [-0.39, 0.29) is 29.4 Å². The number of hydrogen-bond acceptors (Lipinski definition) is 6. The number of anilines is 1. The standard InChI is InChI=1S/C21H32BN3O4/c1-19(2,3)27-18(26)25-16-9-17(25)13-24(12-16)15-8-14(10-23-11-15)22-28-20(4,5)21(6,7)29-22/h8,10-11,16-17H,9,12-13H2,1-7H3. The number of aromatic nitrogens is 1. The van der Waals surface area contributed by atoms with Crippen molar-refractivity contribution in [2.24, 2.45) is 0 Å². The third-order valence-electron chi connectivity index (χ3n) is 6.43. The van der Waals surface area contributed by atoms with Crippen LogP contribution in [0.4, 0.5) is 10.5 Å². The van der Waals surface area contributed by atoms with Crippen LogP contribution in [0, 0.1) is 0 Å². The molecule has 4 aliphatic heterocycles. The van der Waals surface area contributed by atoms with Crippen molar-refractivity contribution in [2.45, 2.75) is 83.8 Å². The van der Waals surface area contributed by atoms with Crippen molar-refractivity contribution in [3.05, 3.63) is 18.5 Å². The minimum absolute atomic E-state index is 0.184. The van der Waals surface area contributed by atoms with E-state index in [1.165, 1.54) is 0 Å². The van der Waals surface area contributed by atoms with Crippen molar-refractivity contribution in [1.82, 2.24) is 9.88 Å². The number of piperazine rings is 1. The highest BCUT2D eigenvalue weighted by Crippen LogP contribution is 2.38. The first-order valence-electron chi connectivity index (χ1n) is 10.4. The van der Waals surface area contributed by atoms with Crippen LogP contribution >= 0.6 is 0 Å². The van der Waals surface area contributed by atoms with E-state index < -0.39 is 12.7 Å². The van der Waals surface area contributed by atoms with Gasteiger partial charge in [-0.2, -0.15) is 0 Å². The summed E-state index contributed by atoms with van der Waals surface area (Å²) >= 11 is 0. The van der Waals surface area contributed by atoms with Crippen molar-refractivity contribution in [3.8, 4) is 0 Å². The first kappa shape index (κ1) is 20.5.